The molecule has 1 heterocycles. The summed E-state index contributed by atoms with van der Waals surface area (Å²) in [7, 11) is -2.18. The summed E-state index contributed by atoms with van der Waals surface area (Å²) < 4.78 is 37.9. The highest BCUT2D eigenvalue weighted by molar-refractivity contribution is 7.89. The van der Waals surface area contributed by atoms with Crippen LogP contribution in [-0.4, -0.2) is 45.1 Å². The third kappa shape index (κ3) is 3.51. The number of ether oxygens (including phenoxy) is 2. The fourth-order valence-corrected chi connectivity index (χ4v) is 4.27. The first-order valence-corrected chi connectivity index (χ1v) is 8.64. The van der Waals surface area contributed by atoms with Gasteiger partial charge in [0.15, 0.2) is 0 Å². The SMILES string of the molecule is COc1ccc(CCl)cc1S(=O)(=O)N1CCOC(C)(C)C1. The van der Waals surface area contributed by atoms with Gasteiger partial charge in [-0.05, 0) is 31.5 Å². The maximum Gasteiger partial charge on any atom is 0.246 e. The van der Waals surface area contributed by atoms with E-state index >= 15 is 0 Å². The summed E-state index contributed by atoms with van der Waals surface area (Å²) in [4.78, 5) is 0.154. The van der Waals surface area contributed by atoms with E-state index in [1.54, 1.807) is 18.2 Å². The molecule has 0 aromatic heterocycles. The summed E-state index contributed by atoms with van der Waals surface area (Å²) in [5.74, 6) is 0.578. The van der Waals surface area contributed by atoms with E-state index in [4.69, 9.17) is 21.1 Å². The molecule has 1 aliphatic rings. The molecular weight excluding hydrogens is 314 g/mol. The Morgan fingerprint density at radius 3 is 2.71 bits per heavy atom. The lowest BCUT2D eigenvalue weighted by Crippen LogP contribution is -2.50. The first-order valence-electron chi connectivity index (χ1n) is 6.67. The summed E-state index contributed by atoms with van der Waals surface area (Å²) >= 11 is 5.81. The van der Waals surface area contributed by atoms with Crippen molar-refractivity contribution < 1.29 is 17.9 Å². The van der Waals surface area contributed by atoms with Crippen LogP contribution in [0.15, 0.2) is 23.1 Å². The molecule has 118 valence electrons. The lowest BCUT2D eigenvalue weighted by Gasteiger charge is -2.37. The molecule has 1 aliphatic heterocycles. The molecule has 5 nitrogen and oxygen atoms in total. The molecule has 0 spiro atoms. The molecule has 0 radical (unpaired) electrons. The summed E-state index contributed by atoms with van der Waals surface area (Å²) in [6, 6.07) is 4.97. The van der Waals surface area contributed by atoms with Crippen LogP contribution in [0.2, 0.25) is 0 Å². The van der Waals surface area contributed by atoms with E-state index in [-0.39, 0.29) is 10.8 Å². The van der Waals surface area contributed by atoms with Crippen LogP contribution in [0.1, 0.15) is 19.4 Å². The number of benzene rings is 1. The number of methoxy groups -OCH3 is 1. The van der Waals surface area contributed by atoms with E-state index in [1.807, 2.05) is 13.8 Å². The van der Waals surface area contributed by atoms with Crippen molar-refractivity contribution in [3.05, 3.63) is 23.8 Å². The van der Waals surface area contributed by atoms with Gasteiger partial charge in [-0.1, -0.05) is 6.07 Å². The highest BCUT2D eigenvalue weighted by atomic mass is 35.5. The Bertz CT molecular complexity index is 615. The minimum Gasteiger partial charge on any atom is -0.495 e. The minimum atomic E-state index is -3.64. The van der Waals surface area contributed by atoms with Crippen LogP contribution in [0.3, 0.4) is 0 Å². The van der Waals surface area contributed by atoms with E-state index in [9.17, 15) is 8.42 Å². The number of sulfonamides is 1. The van der Waals surface area contributed by atoms with E-state index in [0.717, 1.165) is 5.56 Å². The summed E-state index contributed by atoms with van der Waals surface area (Å²) in [6.07, 6.45) is 0. The zero-order valence-electron chi connectivity index (χ0n) is 12.4. The molecule has 1 aromatic carbocycles. The van der Waals surface area contributed by atoms with Crippen LogP contribution in [-0.2, 0) is 20.6 Å². The highest BCUT2D eigenvalue weighted by Gasteiger charge is 2.36. The Balaban J connectivity index is 2.43. The number of halogens is 1. The third-order valence-corrected chi connectivity index (χ3v) is 5.57. The Kier molecular flexibility index (Phi) is 4.82. The van der Waals surface area contributed by atoms with Gasteiger partial charge in [0, 0.05) is 19.0 Å². The zero-order valence-corrected chi connectivity index (χ0v) is 14.0. The average Bonchev–Trinajstić information content (AvgIpc) is 2.45. The predicted octanol–water partition coefficient (Wildman–Crippen LogP) is 2.23. The molecule has 1 aromatic rings. The van der Waals surface area contributed by atoms with Gasteiger partial charge in [-0.25, -0.2) is 8.42 Å². The Hall–Kier alpha value is -0.820. The van der Waals surface area contributed by atoms with Crippen LogP contribution < -0.4 is 4.74 Å². The number of nitrogens with zero attached hydrogens (tertiary/aromatic N) is 1. The largest absolute Gasteiger partial charge is 0.495 e. The van der Waals surface area contributed by atoms with Gasteiger partial charge in [0.2, 0.25) is 10.0 Å². The topological polar surface area (TPSA) is 55.8 Å². The predicted molar refractivity (Wildman–Crippen MR) is 81.3 cm³/mol. The number of rotatable bonds is 4. The first-order chi connectivity index (χ1) is 9.80. The van der Waals surface area contributed by atoms with Crippen molar-refractivity contribution in [1.82, 2.24) is 4.31 Å². The number of morpholine rings is 1. The second-order valence-electron chi connectivity index (χ2n) is 5.57. The van der Waals surface area contributed by atoms with Gasteiger partial charge in [0.1, 0.15) is 10.6 Å². The van der Waals surface area contributed by atoms with Crippen molar-refractivity contribution in [3.8, 4) is 5.75 Å². The van der Waals surface area contributed by atoms with E-state index in [0.29, 0.717) is 25.4 Å². The molecule has 0 unspecified atom stereocenters. The molecule has 0 atom stereocenters. The standard InChI is InChI=1S/C14H20ClNO4S/c1-14(2)10-16(6-7-20-14)21(17,18)13-8-11(9-15)4-5-12(13)19-3/h4-5,8H,6-7,9-10H2,1-3H3. The molecule has 7 heteroatoms. The monoisotopic (exact) mass is 333 g/mol. The van der Waals surface area contributed by atoms with Crippen molar-refractivity contribution in [1.29, 1.82) is 0 Å². The third-order valence-electron chi connectivity index (χ3n) is 3.39. The molecular formula is C14H20ClNO4S. The van der Waals surface area contributed by atoms with Crippen LogP contribution >= 0.6 is 11.6 Å². The molecule has 1 saturated heterocycles. The van der Waals surface area contributed by atoms with E-state index in [2.05, 4.69) is 0 Å². The number of alkyl halides is 1. The van der Waals surface area contributed by atoms with Crippen LogP contribution in [0, 0.1) is 0 Å². The second kappa shape index (κ2) is 6.12. The molecule has 0 saturated carbocycles. The minimum absolute atomic E-state index is 0.154. The Morgan fingerprint density at radius 2 is 2.14 bits per heavy atom. The van der Waals surface area contributed by atoms with Crippen molar-refractivity contribution in [3.63, 3.8) is 0 Å². The first kappa shape index (κ1) is 16.5. The van der Waals surface area contributed by atoms with Crippen molar-refractivity contribution in [2.45, 2.75) is 30.2 Å². The summed E-state index contributed by atoms with van der Waals surface area (Å²) in [5, 5.41) is 0. The molecule has 0 aliphatic carbocycles. The molecule has 0 N–H and O–H groups in total. The Labute approximate surface area is 130 Å². The van der Waals surface area contributed by atoms with Gasteiger partial charge in [-0.3, -0.25) is 0 Å². The van der Waals surface area contributed by atoms with Crippen LogP contribution in [0.4, 0.5) is 0 Å². The van der Waals surface area contributed by atoms with Crippen molar-refractivity contribution >= 4 is 21.6 Å². The Morgan fingerprint density at radius 1 is 1.43 bits per heavy atom. The molecule has 21 heavy (non-hydrogen) atoms. The average molecular weight is 334 g/mol. The number of hydrogen-bond donors (Lipinski definition) is 0. The fraction of sp³-hybridized carbons (Fsp3) is 0.571. The van der Waals surface area contributed by atoms with E-state index in [1.165, 1.54) is 11.4 Å². The molecule has 0 bridgehead atoms. The quantitative estimate of drug-likeness (QED) is 0.793. The van der Waals surface area contributed by atoms with Gasteiger partial charge >= 0.3 is 0 Å². The van der Waals surface area contributed by atoms with Gasteiger partial charge in [-0.15, -0.1) is 11.6 Å². The van der Waals surface area contributed by atoms with Gasteiger partial charge < -0.3 is 9.47 Å². The van der Waals surface area contributed by atoms with Crippen LogP contribution in [0.5, 0.6) is 5.75 Å². The van der Waals surface area contributed by atoms with Crippen molar-refractivity contribution in [2.75, 3.05) is 26.8 Å². The maximum atomic E-state index is 12.9. The summed E-state index contributed by atoms with van der Waals surface area (Å²) in [5.41, 5.74) is 0.242. The second-order valence-corrected chi connectivity index (χ2v) is 7.74. The highest BCUT2D eigenvalue weighted by Crippen LogP contribution is 2.30. The molecule has 1 fully saturated rings. The molecule has 2 rings (SSSR count). The summed E-state index contributed by atoms with van der Waals surface area (Å²) in [6.45, 7) is 4.77. The van der Waals surface area contributed by atoms with Gasteiger partial charge in [0.05, 0.1) is 19.3 Å². The molecule has 0 amide bonds. The maximum absolute atomic E-state index is 12.9. The smallest absolute Gasteiger partial charge is 0.246 e. The fourth-order valence-electron chi connectivity index (χ4n) is 2.32. The lowest BCUT2D eigenvalue weighted by atomic mass is 10.1. The van der Waals surface area contributed by atoms with E-state index < -0.39 is 15.6 Å². The van der Waals surface area contributed by atoms with Gasteiger partial charge in [-0.2, -0.15) is 4.31 Å². The lowest BCUT2D eigenvalue weighted by molar-refractivity contribution is -0.0640. The van der Waals surface area contributed by atoms with Crippen molar-refractivity contribution in [2.24, 2.45) is 0 Å². The normalized spacial score (nSPS) is 19.4. The van der Waals surface area contributed by atoms with Gasteiger partial charge in [0.25, 0.3) is 0 Å². The number of hydrogen-bond acceptors (Lipinski definition) is 4. The zero-order chi connectivity index (χ0) is 15.7. The van der Waals surface area contributed by atoms with Crippen LogP contribution in [0.25, 0.3) is 0 Å².